The van der Waals surface area contributed by atoms with E-state index >= 15 is 0 Å². The summed E-state index contributed by atoms with van der Waals surface area (Å²) in [5, 5.41) is 0.983. The molecule has 0 radical (unpaired) electrons. The fourth-order valence-electron chi connectivity index (χ4n) is 1.34. The molecular weight excluding hydrogens is 194 g/mol. The molecule has 0 aliphatic heterocycles. The van der Waals surface area contributed by atoms with Gasteiger partial charge in [0, 0.05) is 10.8 Å². The first kappa shape index (κ1) is 9.40. The quantitative estimate of drug-likeness (QED) is 0.782. The van der Waals surface area contributed by atoms with Crippen molar-refractivity contribution < 1.29 is 0 Å². The van der Waals surface area contributed by atoms with Crippen molar-refractivity contribution >= 4 is 27.4 Å². The van der Waals surface area contributed by atoms with Crippen LogP contribution in [0.1, 0.15) is 30.5 Å². The summed E-state index contributed by atoms with van der Waals surface area (Å²) in [6.07, 6.45) is 0. The number of hydrogen-bond acceptors (Lipinski definition) is 4. The minimum Gasteiger partial charge on any atom is -0.383 e. The van der Waals surface area contributed by atoms with Crippen molar-refractivity contribution in [1.29, 1.82) is 0 Å². The molecule has 2 N–H and O–H groups in total. The minimum absolute atomic E-state index is 0.323. The molecule has 0 aliphatic rings. The van der Waals surface area contributed by atoms with Crippen LogP contribution < -0.4 is 5.73 Å². The van der Waals surface area contributed by atoms with Crippen molar-refractivity contribution in [3.05, 3.63) is 16.8 Å². The Labute approximate surface area is 87.0 Å². The van der Waals surface area contributed by atoms with E-state index in [4.69, 9.17) is 5.73 Å². The van der Waals surface area contributed by atoms with E-state index in [0.717, 1.165) is 16.0 Å². The summed E-state index contributed by atoms with van der Waals surface area (Å²) in [5.41, 5.74) is 5.86. The van der Waals surface area contributed by atoms with Crippen molar-refractivity contribution in [2.24, 2.45) is 0 Å². The number of nitrogens with two attached hydrogens (primary N) is 1. The maximum absolute atomic E-state index is 5.86. The maximum atomic E-state index is 5.86. The molecule has 0 amide bonds. The van der Waals surface area contributed by atoms with Crippen LogP contribution in [0.15, 0.2) is 6.07 Å². The highest BCUT2D eigenvalue weighted by molar-refractivity contribution is 7.18. The molecule has 0 saturated heterocycles. The smallest absolute Gasteiger partial charge is 0.135 e. The van der Waals surface area contributed by atoms with Gasteiger partial charge in [-0.1, -0.05) is 13.8 Å². The fourth-order valence-corrected chi connectivity index (χ4v) is 2.23. The first-order valence-corrected chi connectivity index (χ1v) is 5.43. The van der Waals surface area contributed by atoms with Crippen LogP contribution in [0.4, 0.5) is 5.82 Å². The van der Waals surface area contributed by atoms with Crippen molar-refractivity contribution in [1.82, 2.24) is 9.97 Å². The summed E-state index contributed by atoms with van der Waals surface area (Å²) >= 11 is 1.67. The van der Waals surface area contributed by atoms with E-state index < -0.39 is 0 Å². The Morgan fingerprint density at radius 3 is 2.71 bits per heavy atom. The number of anilines is 1. The Bertz CT molecular complexity index is 473. The molecule has 0 spiro atoms. The van der Waals surface area contributed by atoms with Gasteiger partial charge in [-0.25, -0.2) is 9.97 Å². The molecule has 0 bridgehead atoms. The fraction of sp³-hybridized carbons (Fsp3) is 0.400. The van der Waals surface area contributed by atoms with Crippen LogP contribution in [0.5, 0.6) is 0 Å². The lowest BCUT2D eigenvalue weighted by Gasteiger charge is -2.04. The Morgan fingerprint density at radius 2 is 2.07 bits per heavy atom. The number of thiophene rings is 1. The summed E-state index contributed by atoms with van der Waals surface area (Å²) in [6, 6.07) is 2.04. The second kappa shape index (κ2) is 3.20. The molecule has 74 valence electrons. The summed E-state index contributed by atoms with van der Waals surface area (Å²) in [5.74, 6) is 1.75. The van der Waals surface area contributed by atoms with Crippen LogP contribution in [0.25, 0.3) is 10.2 Å². The third-order valence-electron chi connectivity index (χ3n) is 2.08. The number of aromatic nitrogens is 2. The van der Waals surface area contributed by atoms with E-state index in [2.05, 4.69) is 30.7 Å². The molecule has 14 heavy (non-hydrogen) atoms. The molecule has 0 atom stereocenters. The number of hydrogen-bond donors (Lipinski definition) is 1. The average molecular weight is 207 g/mol. The van der Waals surface area contributed by atoms with Gasteiger partial charge in [-0.05, 0) is 13.0 Å². The zero-order valence-corrected chi connectivity index (χ0v) is 9.35. The van der Waals surface area contributed by atoms with Crippen molar-refractivity contribution in [2.75, 3.05) is 5.73 Å². The predicted molar refractivity (Wildman–Crippen MR) is 60.7 cm³/mol. The van der Waals surface area contributed by atoms with Gasteiger partial charge in [0.05, 0.1) is 5.39 Å². The lowest BCUT2D eigenvalue weighted by molar-refractivity contribution is 0.786. The Balaban J connectivity index is 2.71. The van der Waals surface area contributed by atoms with E-state index in [1.807, 2.05) is 6.07 Å². The standard InChI is InChI=1S/C10H13N3S/c1-5(2)9-12-8(11)7-4-6(3)14-10(7)13-9/h4-5H,1-3H3,(H2,11,12,13). The molecule has 4 heteroatoms. The third kappa shape index (κ3) is 1.46. The largest absolute Gasteiger partial charge is 0.383 e. The van der Waals surface area contributed by atoms with Gasteiger partial charge in [0.15, 0.2) is 0 Å². The number of aryl methyl sites for hydroxylation is 1. The van der Waals surface area contributed by atoms with Crippen LogP contribution in [-0.2, 0) is 0 Å². The van der Waals surface area contributed by atoms with E-state index in [1.54, 1.807) is 11.3 Å². The van der Waals surface area contributed by atoms with E-state index in [9.17, 15) is 0 Å². The van der Waals surface area contributed by atoms with Crippen LogP contribution in [0.3, 0.4) is 0 Å². The molecule has 2 rings (SSSR count). The molecule has 0 saturated carbocycles. The molecule has 2 heterocycles. The summed E-state index contributed by atoms with van der Waals surface area (Å²) in [7, 11) is 0. The molecule has 0 fully saturated rings. The summed E-state index contributed by atoms with van der Waals surface area (Å²) < 4.78 is 0. The van der Waals surface area contributed by atoms with Crippen molar-refractivity contribution in [2.45, 2.75) is 26.7 Å². The third-order valence-corrected chi connectivity index (χ3v) is 3.02. The second-order valence-electron chi connectivity index (χ2n) is 3.70. The van der Waals surface area contributed by atoms with Crippen molar-refractivity contribution in [3.8, 4) is 0 Å². The highest BCUT2D eigenvalue weighted by Gasteiger charge is 2.09. The van der Waals surface area contributed by atoms with Crippen molar-refractivity contribution in [3.63, 3.8) is 0 Å². The van der Waals surface area contributed by atoms with Gasteiger partial charge in [-0.2, -0.15) is 0 Å². The van der Waals surface area contributed by atoms with Gasteiger partial charge >= 0.3 is 0 Å². The minimum atomic E-state index is 0.323. The monoisotopic (exact) mass is 207 g/mol. The zero-order valence-electron chi connectivity index (χ0n) is 8.53. The van der Waals surface area contributed by atoms with Gasteiger partial charge in [-0.3, -0.25) is 0 Å². The number of rotatable bonds is 1. The SMILES string of the molecule is Cc1cc2c(N)nc(C(C)C)nc2s1. The number of nitrogens with zero attached hydrogens (tertiary/aromatic N) is 2. The van der Waals surface area contributed by atoms with Gasteiger partial charge in [0.1, 0.15) is 16.5 Å². The number of fused-ring (bicyclic) bond motifs is 1. The first-order valence-electron chi connectivity index (χ1n) is 4.61. The lowest BCUT2D eigenvalue weighted by Crippen LogP contribution is -2.00. The Hall–Kier alpha value is -1.16. The van der Waals surface area contributed by atoms with Gasteiger partial charge in [0.2, 0.25) is 0 Å². The molecule has 0 unspecified atom stereocenters. The maximum Gasteiger partial charge on any atom is 0.135 e. The second-order valence-corrected chi connectivity index (χ2v) is 4.93. The molecule has 2 aromatic heterocycles. The van der Waals surface area contributed by atoms with E-state index in [0.29, 0.717) is 11.7 Å². The topological polar surface area (TPSA) is 51.8 Å². The van der Waals surface area contributed by atoms with Crippen LogP contribution in [0.2, 0.25) is 0 Å². The molecular formula is C10H13N3S. The molecule has 2 aromatic rings. The van der Waals surface area contributed by atoms with Crippen LogP contribution >= 0.6 is 11.3 Å². The van der Waals surface area contributed by atoms with Gasteiger partial charge in [0.25, 0.3) is 0 Å². The van der Waals surface area contributed by atoms with Gasteiger partial charge < -0.3 is 5.73 Å². The average Bonchev–Trinajstić information content (AvgIpc) is 2.45. The molecule has 0 aromatic carbocycles. The van der Waals surface area contributed by atoms with Crippen LogP contribution in [-0.4, -0.2) is 9.97 Å². The summed E-state index contributed by atoms with van der Waals surface area (Å²) in [4.78, 5) is 11.0. The first-order chi connectivity index (χ1) is 6.58. The zero-order chi connectivity index (χ0) is 10.3. The van der Waals surface area contributed by atoms with Crippen LogP contribution in [0, 0.1) is 6.92 Å². The summed E-state index contributed by atoms with van der Waals surface area (Å²) in [6.45, 7) is 6.20. The van der Waals surface area contributed by atoms with Gasteiger partial charge in [-0.15, -0.1) is 11.3 Å². The van der Waals surface area contributed by atoms with E-state index in [1.165, 1.54) is 4.88 Å². The number of nitrogen functional groups attached to an aromatic ring is 1. The highest BCUT2D eigenvalue weighted by atomic mass is 32.1. The lowest BCUT2D eigenvalue weighted by atomic mass is 10.2. The Kier molecular flexibility index (Phi) is 2.15. The normalized spacial score (nSPS) is 11.4. The molecule has 0 aliphatic carbocycles. The Morgan fingerprint density at radius 1 is 1.36 bits per heavy atom. The van der Waals surface area contributed by atoms with E-state index in [-0.39, 0.29) is 0 Å². The molecule has 3 nitrogen and oxygen atoms in total. The highest BCUT2D eigenvalue weighted by Crippen LogP contribution is 2.28. The predicted octanol–water partition coefficient (Wildman–Crippen LogP) is 2.71.